The Bertz CT molecular complexity index is 522. The van der Waals surface area contributed by atoms with Crippen LogP contribution in [0.25, 0.3) is 0 Å². The number of carboxylic acids is 1. The molecule has 0 aromatic heterocycles. The molecule has 1 unspecified atom stereocenters. The molecule has 0 heterocycles. The van der Waals surface area contributed by atoms with Gasteiger partial charge in [-0.2, -0.15) is 4.72 Å². The van der Waals surface area contributed by atoms with Gasteiger partial charge in [0.25, 0.3) is 0 Å². The second kappa shape index (κ2) is 6.68. The molecule has 0 saturated heterocycles. The summed E-state index contributed by atoms with van der Waals surface area (Å²) in [5.41, 5.74) is 0.936. The predicted molar refractivity (Wildman–Crippen MR) is 72.1 cm³/mol. The predicted octanol–water partition coefficient (Wildman–Crippen LogP) is 1.73. The minimum atomic E-state index is -3.80. The molecule has 0 aliphatic carbocycles. The van der Waals surface area contributed by atoms with Crippen LogP contribution in [0.2, 0.25) is 0 Å². The number of benzene rings is 1. The van der Waals surface area contributed by atoms with E-state index < -0.39 is 22.0 Å². The Kier molecular flexibility index (Phi) is 5.50. The van der Waals surface area contributed by atoms with E-state index in [1.807, 2.05) is 6.92 Å². The fourth-order valence-corrected chi connectivity index (χ4v) is 2.78. The van der Waals surface area contributed by atoms with Gasteiger partial charge < -0.3 is 5.11 Å². The molecule has 0 amide bonds. The van der Waals surface area contributed by atoms with E-state index in [1.165, 1.54) is 12.1 Å². The summed E-state index contributed by atoms with van der Waals surface area (Å²) in [6.45, 7) is 5.46. The Labute approximate surface area is 113 Å². The van der Waals surface area contributed by atoms with Crippen LogP contribution in [0, 0.1) is 13.8 Å². The van der Waals surface area contributed by atoms with Crippen molar-refractivity contribution < 1.29 is 18.3 Å². The summed E-state index contributed by atoms with van der Waals surface area (Å²) in [7, 11) is -3.80. The van der Waals surface area contributed by atoms with Crippen molar-refractivity contribution in [2.75, 3.05) is 0 Å². The lowest BCUT2D eigenvalue weighted by Crippen LogP contribution is -2.40. The number of aliphatic carboxylic acids is 1. The third-order valence-electron chi connectivity index (χ3n) is 2.67. The number of aryl methyl sites for hydroxylation is 1. The molecule has 19 heavy (non-hydrogen) atoms. The second-order valence-corrected chi connectivity index (χ2v) is 6.03. The van der Waals surface area contributed by atoms with Crippen molar-refractivity contribution in [3.63, 3.8) is 0 Å². The van der Waals surface area contributed by atoms with Crippen LogP contribution < -0.4 is 4.72 Å². The summed E-state index contributed by atoms with van der Waals surface area (Å²) >= 11 is 0. The van der Waals surface area contributed by atoms with Crippen molar-refractivity contribution in [3.05, 3.63) is 36.8 Å². The van der Waals surface area contributed by atoms with Crippen molar-refractivity contribution in [2.24, 2.45) is 0 Å². The normalized spacial score (nSPS) is 13.2. The van der Waals surface area contributed by atoms with E-state index in [0.717, 1.165) is 5.56 Å². The van der Waals surface area contributed by atoms with Crippen LogP contribution in [0.4, 0.5) is 0 Å². The highest BCUT2D eigenvalue weighted by Crippen LogP contribution is 2.12. The molecule has 0 aliphatic rings. The molecule has 0 bridgehead atoms. The quantitative estimate of drug-likeness (QED) is 0.798. The second-order valence-electron chi connectivity index (χ2n) is 4.32. The average molecular weight is 284 g/mol. The Balaban J connectivity index is 2.87. The maximum Gasteiger partial charge on any atom is 0.321 e. The van der Waals surface area contributed by atoms with Crippen LogP contribution in [0.1, 0.15) is 24.8 Å². The minimum absolute atomic E-state index is 0.0685. The van der Waals surface area contributed by atoms with Crippen LogP contribution in [-0.4, -0.2) is 25.5 Å². The first kappa shape index (κ1) is 15.7. The van der Waals surface area contributed by atoms with Gasteiger partial charge in [-0.15, -0.1) is 0 Å². The SMILES string of the molecule is [CH2]CCCC(NS(=O)(=O)c1ccc(C)cc1)C(=O)O. The van der Waals surface area contributed by atoms with Gasteiger partial charge in [-0.3, -0.25) is 4.79 Å². The van der Waals surface area contributed by atoms with Crippen molar-refractivity contribution in [1.29, 1.82) is 0 Å². The fourth-order valence-electron chi connectivity index (χ4n) is 1.55. The van der Waals surface area contributed by atoms with Crippen molar-refractivity contribution in [3.8, 4) is 0 Å². The maximum absolute atomic E-state index is 12.0. The van der Waals surface area contributed by atoms with Gasteiger partial charge in [0.1, 0.15) is 6.04 Å². The van der Waals surface area contributed by atoms with Crippen LogP contribution in [0.15, 0.2) is 29.2 Å². The summed E-state index contributed by atoms with van der Waals surface area (Å²) in [6.07, 6.45) is 1.34. The lowest BCUT2D eigenvalue weighted by atomic mass is 10.1. The highest BCUT2D eigenvalue weighted by Gasteiger charge is 2.24. The first-order valence-corrected chi connectivity index (χ1v) is 7.46. The molecule has 0 saturated carbocycles. The molecule has 0 spiro atoms. The first-order chi connectivity index (χ1) is 8.86. The zero-order valence-electron chi connectivity index (χ0n) is 10.8. The largest absolute Gasteiger partial charge is 0.480 e. The molecular weight excluding hydrogens is 266 g/mol. The number of carbonyl (C=O) groups is 1. The monoisotopic (exact) mass is 284 g/mol. The van der Waals surface area contributed by atoms with E-state index in [1.54, 1.807) is 12.1 Å². The van der Waals surface area contributed by atoms with Gasteiger partial charge >= 0.3 is 5.97 Å². The highest BCUT2D eigenvalue weighted by atomic mass is 32.2. The molecule has 1 rings (SSSR count). The summed E-state index contributed by atoms with van der Waals surface area (Å²) in [5, 5.41) is 9.01. The number of nitrogens with one attached hydrogen (secondary N) is 1. The molecule has 2 N–H and O–H groups in total. The number of carboxylic acid groups (broad SMARTS) is 1. The Morgan fingerprint density at radius 1 is 1.37 bits per heavy atom. The van der Waals surface area contributed by atoms with Crippen molar-refractivity contribution >= 4 is 16.0 Å². The van der Waals surface area contributed by atoms with Gasteiger partial charge in [0.2, 0.25) is 10.0 Å². The zero-order chi connectivity index (χ0) is 14.5. The third-order valence-corrected chi connectivity index (χ3v) is 4.16. The van der Waals surface area contributed by atoms with Crippen molar-refractivity contribution in [2.45, 2.75) is 37.1 Å². The standard InChI is InChI=1S/C13H18NO4S/c1-3-4-5-12(13(15)16)14-19(17,18)11-8-6-10(2)7-9-11/h6-9,12,14H,1,3-5H2,2H3,(H,15,16). The van der Waals surface area contributed by atoms with E-state index in [0.29, 0.717) is 12.8 Å². The molecule has 1 radical (unpaired) electrons. The lowest BCUT2D eigenvalue weighted by molar-refractivity contribution is -0.139. The van der Waals surface area contributed by atoms with E-state index >= 15 is 0 Å². The summed E-state index contributed by atoms with van der Waals surface area (Å²) in [5.74, 6) is -1.18. The number of hydrogen-bond acceptors (Lipinski definition) is 3. The summed E-state index contributed by atoms with van der Waals surface area (Å²) in [4.78, 5) is 11.1. The van der Waals surface area contributed by atoms with Gasteiger partial charge in [-0.1, -0.05) is 37.5 Å². The molecule has 0 aliphatic heterocycles. The topological polar surface area (TPSA) is 83.5 Å². The van der Waals surface area contributed by atoms with E-state index in [4.69, 9.17) is 5.11 Å². The highest BCUT2D eigenvalue weighted by molar-refractivity contribution is 7.89. The van der Waals surface area contributed by atoms with Crippen LogP contribution >= 0.6 is 0 Å². The minimum Gasteiger partial charge on any atom is -0.480 e. The van der Waals surface area contributed by atoms with Gasteiger partial charge in [0.15, 0.2) is 0 Å². The number of unbranched alkanes of at least 4 members (excludes halogenated alkanes) is 1. The fraction of sp³-hybridized carbons (Fsp3) is 0.385. The molecule has 6 heteroatoms. The molecular formula is C13H18NO4S. The number of sulfonamides is 1. The van der Waals surface area contributed by atoms with Crippen molar-refractivity contribution in [1.82, 2.24) is 4.72 Å². The van der Waals surface area contributed by atoms with Gasteiger partial charge in [0.05, 0.1) is 4.90 Å². The maximum atomic E-state index is 12.0. The Hall–Kier alpha value is -1.40. The van der Waals surface area contributed by atoms with Gasteiger partial charge in [0, 0.05) is 0 Å². The number of rotatable bonds is 7. The summed E-state index contributed by atoms with van der Waals surface area (Å²) < 4.78 is 26.3. The average Bonchev–Trinajstić information content (AvgIpc) is 2.34. The van der Waals surface area contributed by atoms with Gasteiger partial charge in [-0.05, 0) is 25.5 Å². The van der Waals surface area contributed by atoms with Crippen LogP contribution in [0.3, 0.4) is 0 Å². The lowest BCUT2D eigenvalue weighted by Gasteiger charge is -2.14. The smallest absolute Gasteiger partial charge is 0.321 e. The Morgan fingerprint density at radius 2 is 1.95 bits per heavy atom. The zero-order valence-corrected chi connectivity index (χ0v) is 11.6. The third kappa shape index (κ3) is 4.65. The molecule has 1 atom stereocenters. The molecule has 1 aromatic rings. The first-order valence-electron chi connectivity index (χ1n) is 5.98. The van der Waals surface area contributed by atoms with Gasteiger partial charge in [-0.25, -0.2) is 8.42 Å². The molecule has 105 valence electrons. The number of hydrogen-bond donors (Lipinski definition) is 2. The summed E-state index contributed by atoms with van der Waals surface area (Å²) in [6, 6.07) is 5.13. The van der Waals surface area contributed by atoms with E-state index in [-0.39, 0.29) is 11.3 Å². The molecule has 5 nitrogen and oxygen atoms in total. The van der Waals surface area contributed by atoms with Crippen LogP contribution in [-0.2, 0) is 14.8 Å². The molecule has 1 aromatic carbocycles. The van der Waals surface area contributed by atoms with E-state index in [9.17, 15) is 13.2 Å². The van der Waals surface area contributed by atoms with Crippen LogP contribution in [0.5, 0.6) is 0 Å². The molecule has 0 fully saturated rings. The Morgan fingerprint density at radius 3 is 2.42 bits per heavy atom. The van der Waals surface area contributed by atoms with E-state index in [2.05, 4.69) is 11.6 Å².